The molecule has 6 heteroatoms. The second-order valence-electron chi connectivity index (χ2n) is 6.66. The van der Waals surface area contributed by atoms with Crippen molar-refractivity contribution in [1.82, 2.24) is 4.98 Å². The third-order valence-corrected chi connectivity index (χ3v) is 4.38. The number of Topliss-reactive ketones (excluding diaryl/α,β-unsaturated/α-hetero) is 1. The lowest BCUT2D eigenvalue weighted by atomic mass is 10.0. The summed E-state index contributed by atoms with van der Waals surface area (Å²) in [5, 5.41) is 10.4. The number of aromatic amines is 1. The summed E-state index contributed by atoms with van der Waals surface area (Å²) in [6.45, 7) is 3.80. The Hall–Kier alpha value is -3.72. The molecule has 0 unspecified atom stereocenters. The van der Waals surface area contributed by atoms with E-state index in [9.17, 15) is 10.1 Å². The summed E-state index contributed by atoms with van der Waals surface area (Å²) < 4.78 is 16.5. The number of allylic oxidation sites excluding steroid dienone is 1. The van der Waals surface area contributed by atoms with Crippen LogP contribution in [0.15, 0.2) is 48.2 Å². The van der Waals surface area contributed by atoms with Crippen LogP contribution in [0.25, 0.3) is 17.0 Å². The summed E-state index contributed by atoms with van der Waals surface area (Å²) in [5.74, 6) is 1.28. The van der Waals surface area contributed by atoms with Crippen molar-refractivity contribution < 1.29 is 19.0 Å². The van der Waals surface area contributed by atoms with Gasteiger partial charge in [0.1, 0.15) is 17.4 Å². The van der Waals surface area contributed by atoms with Crippen LogP contribution in [-0.2, 0) is 0 Å². The average molecular weight is 390 g/mol. The van der Waals surface area contributed by atoms with Gasteiger partial charge in [-0.15, -0.1) is 0 Å². The highest BCUT2D eigenvalue weighted by Gasteiger charge is 2.19. The second kappa shape index (κ2) is 8.53. The van der Waals surface area contributed by atoms with Gasteiger partial charge in [0.05, 0.1) is 20.3 Å². The van der Waals surface area contributed by atoms with Crippen LogP contribution in [-0.4, -0.2) is 31.1 Å². The number of nitriles is 1. The van der Waals surface area contributed by atoms with E-state index in [2.05, 4.69) is 4.98 Å². The summed E-state index contributed by atoms with van der Waals surface area (Å²) >= 11 is 0. The molecule has 3 rings (SSSR count). The Morgan fingerprint density at radius 3 is 2.62 bits per heavy atom. The molecule has 2 aromatic carbocycles. The predicted molar refractivity (Wildman–Crippen MR) is 112 cm³/mol. The maximum absolute atomic E-state index is 13.1. The van der Waals surface area contributed by atoms with E-state index in [1.165, 1.54) is 6.08 Å². The Bertz CT molecular complexity index is 1120. The fourth-order valence-corrected chi connectivity index (χ4v) is 3.03. The second-order valence-corrected chi connectivity index (χ2v) is 6.66. The summed E-state index contributed by atoms with van der Waals surface area (Å²) in [7, 11) is 3.11. The smallest absolute Gasteiger partial charge is 0.205 e. The van der Waals surface area contributed by atoms with Gasteiger partial charge in [-0.1, -0.05) is 12.1 Å². The Kier molecular flexibility index (Phi) is 5.89. The van der Waals surface area contributed by atoms with Crippen LogP contribution >= 0.6 is 0 Å². The molecule has 0 aliphatic rings. The van der Waals surface area contributed by atoms with Crippen molar-refractivity contribution >= 4 is 22.8 Å². The zero-order valence-corrected chi connectivity index (χ0v) is 16.8. The van der Waals surface area contributed by atoms with Crippen molar-refractivity contribution in [3.63, 3.8) is 0 Å². The monoisotopic (exact) mass is 390 g/mol. The van der Waals surface area contributed by atoms with Gasteiger partial charge in [0.15, 0.2) is 11.5 Å². The fraction of sp³-hybridized carbons (Fsp3) is 0.217. The minimum Gasteiger partial charge on any atom is -0.497 e. The first-order valence-corrected chi connectivity index (χ1v) is 9.13. The van der Waals surface area contributed by atoms with Gasteiger partial charge in [0, 0.05) is 28.2 Å². The third-order valence-electron chi connectivity index (χ3n) is 4.38. The number of aromatic nitrogens is 1. The minimum absolute atomic E-state index is 0.00409. The third kappa shape index (κ3) is 4.09. The highest BCUT2D eigenvalue weighted by molar-refractivity contribution is 6.20. The topological polar surface area (TPSA) is 84.3 Å². The number of ether oxygens (including phenoxy) is 3. The lowest BCUT2D eigenvalue weighted by Gasteiger charge is -2.16. The zero-order chi connectivity index (χ0) is 21.0. The van der Waals surface area contributed by atoms with Gasteiger partial charge in [-0.05, 0) is 44.2 Å². The molecule has 0 amide bonds. The molecule has 148 valence electrons. The van der Waals surface area contributed by atoms with Gasteiger partial charge in [-0.3, -0.25) is 4.79 Å². The van der Waals surface area contributed by atoms with Crippen molar-refractivity contribution in [1.29, 1.82) is 5.26 Å². The number of hydrogen-bond acceptors (Lipinski definition) is 5. The highest BCUT2D eigenvalue weighted by atomic mass is 16.5. The van der Waals surface area contributed by atoms with Crippen LogP contribution in [0.4, 0.5) is 0 Å². The first-order chi connectivity index (χ1) is 14.0. The molecule has 6 nitrogen and oxygen atoms in total. The highest BCUT2D eigenvalue weighted by Crippen LogP contribution is 2.34. The molecular weight excluding hydrogens is 368 g/mol. The molecule has 0 aliphatic carbocycles. The molecule has 29 heavy (non-hydrogen) atoms. The van der Waals surface area contributed by atoms with Crippen LogP contribution in [0.1, 0.15) is 29.8 Å². The fourth-order valence-electron chi connectivity index (χ4n) is 3.03. The summed E-state index contributed by atoms with van der Waals surface area (Å²) in [4.78, 5) is 16.2. The molecule has 0 spiro atoms. The average Bonchev–Trinajstić information content (AvgIpc) is 3.15. The van der Waals surface area contributed by atoms with Crippen LogP contribution in [0.5, 0.6) is 17.2 Å². The quantitative estimate of drug-likeness (QED) is 0.357. The van der Waals surface area contributed by atoms with Gasteiger partial charge in [-0.2, -0.15) is 5.26 Å². The van der Waals surface area contributed by atoms with E-state index in [0.717, 1.165) is 5.52 Å². The van der Waals surface area contributed by atoms with Crippen molar-refractivity contribution in [2.75, 3.05) is 14.2 Å². The largest absolute Gasteiger partial charge is 0.497 e. The molecule has 0 fully saturated rings. The number of nitrogens with zero attached hydrogens (tertiary/aromatic N) is 1. The number of H-pyrrole nitrogens is 1. The standard InChI is InChI=1S/C23H22N2O4/c1-14(2)29-23-15(6-5-7-21(23)28-4)10-16(12-24)22(26)19-13-25-20-9-8-17(27-3)11-18(19)20/h5-11,13-14,25H,1-4H3. The molecule has 0 saturated carbocycles. The lowest BCUT2D eigenvalue weighted by Crippen LogP contribution is -2.08. The summed E-state index contributed by atoms with van der Waals surface area (Å²) in [6.07, 6.45) is 3.04. The Labute approximate surface area is 169 Å². The van der Waals surface area contributed by atoms with E-state index in [1.807, 2.05) is 26.0 Å². The molecule has 1 heterocycles. The van der Waals surface area contributed by atoms with Gasteiger partial charge in [0.2, 0.25) is 5.78 Å². The number of para-hydroxylation sites is 1. The molecule has 1 N–H and O–H groups in total. The van der Waals surface area contributed by atoms with Crippen molar-refractivity contribution in [2.24, 2.45) is 0 Å². The Morgan fingerprint density at radius 1 is 1.17 bits per heavy atom. The summed E-state index contributed by atoms with van der Waals surface area (Å²) in [6, 6.07) is 12.8. The van der Waals surface area contributed by atoms with E-state index in [-0.39, 0.29) is 17.5 Å². The number of fused-ring (bicyclic) bond motifs is 1. The minimum atomic E-state index is -0.384. The van der Waals surface area contributed by atoms with Crippen LogP contribution < -0.4 is 14.2 Å². The Balaban J connectivity index is 2.08. The van der Waals surface area contributed by atoms with E-state index in [4.69, 9.17) is 14.2 Å². The number of rotatable bonds is 7. The van der Waals surface area contributed by atoms with E-state index in [1.54, 1.807) is 50.7 Å². The van der Waals surface area contributed by atoms with Gasteiger partial charge in [-0.25, -0.2) is 0 Å². The molecule has 1 aromatic heterocycles. The molecule has 0 saturated heterocycles. The molecule has 3 aromatic rings. The molecular formula is C23H22N2O4. The number of hydrogen-bond donors (Lipinski definition) is 1. The molecule has 0 aliphatic heterocycles. The van der Waals surface area contributed by atoms with Crippen LogP contribution in [0, 0.1) is 11.3 Å². The first kappa shape index (κ1) is 20.0. The van der Waals surface area contributed by atoms with E-state index < -0.39 is 0 Å². The number of carbonyl (C=O) groups excluding carboxylic acids is 1. The van der Waals surface area contributed by atoms with Crippen molar-refractivity contribution in [3.05, 3.63) is 59.3 Å². The van der Waals surface area contributed by atoms with Crippen molar-refractivity contribution in [2.45, 2.75) is 20.0 Å². The maximum Gasteiger partial charge on any atom is 0.205 e. The maximum atomic E-state index is 13.1. The lowest BCUT2D eigenvalue weighted by molar-refractivity contribution is 0.104. The normalized spacial score (nSPS) is 11.4. The van der Waals surface area contributed by atoms with Crippen LogP contribution in [0.2, 0.25) is 0 Å². The number of nitrogens with one attached hydrogen (secondary N) is 1. The zero-order valence-electron chi connectivity index (χ0n) is 16.8. The van der Waals surface area contributed by atoms with E-state index >= 15 is 0 Å². The predicted octanol–water partition coefficient (Wildman–Crippen LogP) is 4.76. The van der Waals surface area contributed by atoms with Crippen LogP contribution in [0.3, 0.4) is 0 Å². The SMILES string of the molecule is COc1ccc2[nH]cc(C(=O)C(C#N)=Cc3cccc(OC)c3OC(C)C)c2c1. The van der Waals surface area contributed by atoms with Gasteiger partial charge in [0.25, 0.3) is 0 Å². The van der Waals surface area contributed by atoms with Gasteiger partial charge >= 0.3 is 0 Å². The number of benzene rings is 2. The number of carbonyl (C=O) groups is 1. The number of methoxy groups -OCH3 is 2. The summed E-state index contributed by atoms with van der Waals surface area (Å²) in [5.41, 5.74) is 1.79. The molecule has 0 bridgehead atoms. The Morgan fingerprint density at radius 2 is 1.97 bits per heavy atom. The molecule has 0 atom stereocenters. The van der Waals surface area contributed by atoms with E-state index in [0.29, 0.717) is 33.8 Å². The van der Waals surface area contributed by atoms with Gasteiger partial charge < -0.3 is 19.2 Å². The first-order valence-electron chi connectivity index (χ1n) is 9.13. The molecule has 0 radical (unpaired) electrons. The number of ketones is 1. The van der Waals surface area contributed by atoms with Crippen molar-refractivity contribution in [3.8, 4) is 23.3 Å².